The van der Waals surface area contributed by atoms with Gasteiger partial charge in [0.05, 0.1) is 29.7 Å². The van der Waals surface area contributed by atoms with Gasteiger partial charge in [0.1, 0.15) is 17.3 Å². The average Bonchev–Trinajstić information content (AvgIpc) is 3.60. The van der Waals surface area contributed by atoms with Crippen LogP contribution in [-0.2, 0) is 4.74 Å². The van der Waals surface area contributed by atoms with Gasteiger partial charge in [-0.05, 0) is 30.0 Å². The number of H-pyrrole nitrogens is 1. The fraction of sp³-hybridized carbons (Fsp3) is 0.240. The van der Waals surface area contributed by atoms with Gasteiger partial charge in [0.2, 0.25) is 0 Å². The second-order valence-electron chi connectivity index (χ2n) is 8.64. The third-order valence-corrected chi connectivity index (χ3v) is 6.55. The molecule has 2 aromatic heterocycles. The zero-order valence-corrected chi connectivity index (χ0v) is 17.9. The molecule has 3 N–H and O–H groups in total. The molecule has 1 saturated carbocycles. The molecule has 1 aliphatic carbocycles. The van der Waals surface area contributed by atoms with Crippen LogP contribution in [0.2, 0.25) is 0 Å². The van der Waals surface area contributed by atoms with E-state index in [4.69, 9.17) is 16.9 Å². The van der Waals surface area contributed by atoms with Crippen LogP contribution >= 0.6 is 0 Å². The van der Waals surface area contributed by atoms with Crippen molar-refractivity contribution in [3.8, 4) is 23.6 Å². The van der Waals surface area contributed by atoms with Crippen molar-refractivity contribution in [3.63, 3.8) is 0 Å². The van der Waals surface area contributed by atoms with Gasteiger partial charge in [-0.15, -0.1) is 6.42 Å². The van der Waals surface area contributed by atoms with Gasteiger partial charge >= 0.3 is 5.69 Å². The number of fused-ring (bicyclic) bond motifs is 3. The Morgan fingerprint density at radius 1 is 1.29 bits per heavy atom. The monoisotopic (exact) mass is 459 g/mol. The molecule has 2 unspecified atom stereocenters. The Morgan fingerprint density at radius 2 is 2.15 bits per heavy atom. The van der Waals surface area contributed by atoms with Crippen LogP contribution < -0.4 is 16.3 Å². The lowest BCUT2D eigenvalue weighted by Crippen LogP contribution is -2.32. The second kappa shape index (κ2) is 7.50. The summed E-state index contributed by atoms with van der Waals surface area (Å²) >= 11 is 0. The third-order valence-electron chi connectivity index (χ3n) is 6.55. The Hall–Kier alpha value is -4.03. The molecule has 2 atom stereocenters. The van der Waals surface area contributed by atoms with Crippen molar-refractivity contribution in [2.24, 2.45) is 5.92 Å². The van der Waals surface area contributed by atoms with Crippen LogP contribution in [0.5, 0.6) is 0 Å². The van der Waals surface area contributed by atoms with Crippen molar-refractivity contribution in [1.29, 1.82) is 0 Å². The van der Waals surface area contributed by atoms with Gasteiger partial charge in [-0.2, -0.15) is 4.98 Å². The van der Waals surface area contributed by atoms with E-state index in [0.29, 0.717) is 53.3 Å². The molecule has 2 aromatic carbocycles. The molecule has 3 heterocycles. The highest BCUT2D eigenvalue weighted by Gasteiger charge is 2.44. The molecule has 2 aliphatic rings. The fourth-order valence-corrected chi connectivity index (χ4v) is 4.89. The molecular weight excluding hydrogens is 440 g/mol. The highest BCUT2D eigenvalue weighted by atomic mass is 19.1. The summed E-state index contributed by atoms with van der Waals surface area (Å²) in [4.78, 5) is 25.5. The van der Waals surface area contributed by atoms with Crippen LogP contribution in [0.15, 0.2) is 35.3 Å². The lowest BCUT2D eigenvalue weighted by Gasteiger charge is -2.23. The number of terminal acetylenes is 1. The number of nitrogens with zero attached hydrogens (tertiary/aromatic N) is 3. The first-order valence-electron chi connectivity index (χ1n) is 10.9. The maximum absolute atomic E-state index is 16.0. The van der Waals surface area contributed by atoms with Gasteiger partial charge in [-0.3, -0.25) is 4.98 Å². The van der Waals surface area contributed by atoms with E-state index in [1.807, 2.05) is 4.90 Å². The molecule has 0 bridgehead atoms. The summed E-state index contributed by atoms with van der Waals surface area (Å²) in [5, 5.41) is 1.26. The summed E-state index contributed by atoms with van der Waals surface area (Å²) in [7, 11) is 0. The van der Waals surface area contributed by atoms with Gasteiger partial charge in [-0.25, -0.2) is 13.6 Å². The molecule has 2 fully saturated rings. The zero-order valence-electron chi connectivity index (χ0n) is 17.9. The predicted molar refractivity (Wildman–Crippen MR) is 125 cm³/mol. The minimum Gasteiger partial charge on any atom is -0.399 e. The lowest BCUT2D eigenvalue weighted by molar-refractivity contribution is 0.139. The van der Waals surface area contributed by atoms with E-state index in [1.54, 1.807) is 6.07 Å². The summed E-state index contributed by atoms with van der Waals surface area (Å²) in [5.74, 6) is 1.72. The van der Waals surface area contributed by atoms with E-state index in [9.17, 15) is 9.18 Å². The average molecular weight is 459 g/mol. The maximum Gasteiger partial charge on any atom is 0.347 e. The van der Waals surface area contributed by atoms with Gasteiger partial charge in [0, 0.05) is 41.3 Å². The van der Waals surface area contributed by atoms with Gasteiger partial charge in [0.15, 0.2) is 5.82 Å². The third kappa shape index (κ3) is 3.10. The largest absolute Gasteiger partial charge is 0.399 e. The molecule has 170 valence electrons. The van der Waals surface area contributed by atoms with Crippen molar-refractivity contribution in [2.75, 3.05) is 30.4 Å². The Morgan fingerprint density at radius 3 is 2.97 bits per heavy atom. The van der Waals surface area contributed by atoms with Gasteiger partial charge in [0.25, 0.3) is 0 Å². The van der Waals surface area contributed by atoms with Gasteiger partial charge < -0.3 is 20.4 Å². The first-order valence-corrected chi connectivity index (χ1v) is 10.9. The minimum absolute atomic E-state index is 0.0120. The summed E-state index contributed by atoms with van der Waals surface area (Å²) in [6.45, 7) is 1.70. The Bertz CT molecular complexity index is 1590. The highest BCUT2D eigenvalue weighted by Crippen LogP contribution is 2.42. The fourth-order valence-electron chi connectivity index (χ4n) is 4.89. The molecule has 0 amide bonds. The smallest absolute Gasteiger partial charge is 0.347 e. The predicted octanol–water partition coefficient (Wildman–Crippen LogP) is 3.21. The highest BCUT2D eigenvalue weighted by molar-refractivity contribution is 6.03. The summed E-state index contributed by atoms with van der Waals surface area (Å²) in [5.41, 5.74) is 5.82. The van der Waals surface area contributed by atoms with Crippen molar-refractivity contribution >= 4 is 33.2 Å². The van der Waals surface area contributed by atoms with E-state index in [0.717, 1.165) is 6.42 Å². The second-order valence-corrected chi connectivity index (χ2v) is 8.64. The zero-order chi connectivity index (χ0) is 23.6. The standard InChI is InChI=1S/C25H19F2N5O2/c1-2-15-18(26)4-3-12-7-14(28)9-16(20(12)15)22-21(27)23-17(10-29-22)24(31-25(33)30-23)32-5-6-34-11-13-8-19(13)32/h1,3-4,7,9-10,13,19H,5-6,8,11,28H2,(H,30,31,33). The summed E-state index contributed by atoms with van der Waals surface area (Å²) in [6, 6.07) is 6.11. The van der Waals surface area contributed by atoms with Crippen molar-refractivity contribution in [3.05, 3.63) is 58.1 Å². The molecule has 0 spiro atoms. The summed E-state index contributed by atoms with van der Waals surface area (Å²) < 4.78 is 36.1. The molecular formula is C25H19F2N5O2. The Labute approximate surface area is 192 Å². The number of benzene rings is 2. The molecule has 0 radical (unpaired) electrons. The number of hydrogen-bond donors (Lipinski definition) is 2. The number of rotatable bonds is 2. The molecule has 6 rings (SSSR count). The minimum atomic E-state index is -0.768. The summed E-state index contributed by atoms with van der Waals surface area (Å²) in [6.07, 6.45) is 7.98. The van der Waals surface area contributed by atoms with E-state index in [1.165, 1.54) is 24.4 Å². The van der Waals surface area contributed by atoms with E-state index in [-0.39, 0.29) is 28.4 Å². The van der Waals surface area contributed by atoms with Crippen molar-refractivity contribution in [2.45, 2.75) is 12.5 Å². The molecule has 1 aliphatic heterocycles. The number of nitrogen functional groups attached to an aromatic ring is 1. The number of pyridine rings is 1. The first kappa shape index (κ1) is 20.6. The Kier molecular flexibility index (Phi) is 4.54. The molecule has 34 heavy (non-hydrogen) atoms. The normalized spacial score (nSPS) is 19.6. The number of hydrogen-bond acceptors (Lipinski definition) is 6. The molecule has 4 aromatic rings. The van der Waals surface area contributed by atoms with E-state index >= 15 is 4.39 Å². The molecule has 7 nitrogen and oxygen atoms in total. The first-order chi connectivity index (χ1) is 16.5. The Balaban J connectivity index is 1.61. The number of ether oxygens (including phenoxy) is 1. The van der Waals surface area contributed by atoms with Crippen molar-refractivity contribution in [1.82, 2.24) is 15.0 Å². The maximum atomic E-state index is 16.0. The SMILES string of the molecule is C#Cc1c(F)ccc2cc(N)cc(-c3ncc4c(N5CCOCC6CC65)nc(=O)[nH]c4c3F)c12. The van der Waals surface area contributed by atoms with Crippen LogP contribution in [0.3, 0.4) is 0 Å². The topological polar surface area (TPSA) is 97.1 Å². The van der Waals surface area contributed by atoms with Gasteiger partial charge in [-0.1, -0.05) is 12.0 Å². The van der Waals surface area contributed by atoms with Crippen LogP contribution in [0.1, 0.15) is 12.0 Å². The lowest BCUT2D eigenvalue weighted by atomic mass is 9.95. The number of halogens is 2. The molecule has 9 heteroatoms. The van der Waals surface area contributed by atoms with Crippen LogP contribution in [0, 0.1) is 29.9 Å². The van der Waals surface area contributed by atoms with Crippen LogP contribution in [0.25, 0.3) is 32.9 Å². The number of nitrogens with one attached hydrogen (secondary N) is 1. The van der Waals surface area contributed by atoms with Crippen molar-refractivity contribution < 1.29 is 13.5 Å². The number of aromatic nitrogens is 3. The van der Waals surface area contributed by atoms with Crippen LogP contribution in [-0.4, -0.2) is 40.8 Å². The van der Waals surface area contributed by atoms with E-state index < -0.39 is 17.3 Å². The van der Waals surface area contributed by atoms with Crippen LogP contribution in [0.4, 0.5) is 20.3 Å². The number of nitrogens with two attached hydrogens (primary N) is 1. The quantitative estimate of drug-likeness (QED) is 0.353. The molecule has 1 saturated heterocycles. The number of aromatic amines is 1. The van der Waals surface area contributed by atoms with E-state index in [2.05, 4.69) is 20.9 Å². The number of anilines is 2.